The van der Waals surface area contributed by atoms with Gasteiger partial charge in [0, 0.05) is 45.3 Å². The number of benzene rings is 1. The molecule has 1 aromatic carbocycles. The van der Waals surface area contributed by atoms with Gasteiger partial charge in [-0.1, -0.05) is 26.2 Å². The van der Waals surface area contributed by atoms with Gasteiger partial charge >= 0.3 is 6.03 Å². The van der Waals surface area contributed by atoms with Crippen molar-refractivity contribution in [1.82, 2.24) is 15.1 Å². The molecular weight excluding hydrogens is 420 g/mol. The molecule has 3 rings (SSSR count). The highest BCUT2D eigenvalue weighted by molar-refractivity contribution is 5.98. The van der Waals surface area contributed by atoms with E-state index in [0.717, 1.165) is 31.4 Å². The van der Waals surface area contributed by atoms with Gasteiger partial charge in [0.05, 0.1) is 24.8 Å². The Labute approximate surface area is 197 Å². The number of carbonyl (C=O) groups excluding carboxylic acids is 2. The van der Waals surface area contributed by atoms with Gasteiger partial charge in [0.15, 0.2) is 0 Å². The van der Waals surface area contributed by atoms with E-state index in [0.29, 0.717) is 24.4 Å². The van der Waals surface area contributed by atoms with E-state index in [9.17, 15) is 14.7 Å². The lowest BCUT2D eigenvalue weighted by atomic mass is 9.96. The minimum absolute atomic E-state index is 0.0328. The van der Waals surface area contributed by atoms with Gasteiger partial charge in [-0.05, 0) is 38.0 Å². The Kier molecular flexibility index (Phi) is 8.46. The number of anilines is 1. The standard InChI is InChI=1S/C25H40N4O4/c1-17-14-29(18(2)16-30)24(31)21-13-20(27(3)4)11-12-22(21)33-23(17)15-28(5)25(32)26-19-9-7-6-8-10-19/h11-13,17-19,23,30H,6-10,14-16H2,1-5H3,(H,26,32)/t17-,18+,23-/m0/s1. The molecule has 8 heteroatoms. The number of rotatable bonds is 6. The van der Waals surface area contributed by atoms with Crippen LogP contribution in [0.4, 0.5) is 10.5 Å². The van der Waals surface area contributed by atoms with E-state index < -0.39 is 0 Å². The molecule has 0 aromatic heterocycles. The van der Waals surface area contributed by atoms with Crippen LogP contribution in [0.25, 0.3) is 0 Å². The lowest BCUT2D eigenvalue weighted by molar-refractivity contribution is 0.0366. The topological polar surface area (TPSA) is 85.3 Å². The molecule has 0 spiro atoms. The van der Waals surface area contributed by atoms with Crippen molar-refractivity contribution >= 4 is 17.6 Å². The molecule has 0 radical (unpaired) electrons. The van der Waals surface area contributed by atoms with Crippen molar-refractivity contribution in [2.75, 3.05) is 45.7 Å². The number of nitrogens with one attached hydrogen (secondary N) is 1. The summed E-state index contributed by atoms with van der Waals surface area (Å²) in [6.07, 6.45) is 5.34. The zero-order valence-corrected chi connectivity index (χ0v) is 20.7. The Hall–Kier alpha value is -2.48. The lowest BCUT2D eigenvalue weighted by Crippen LogP contribution is -2.52. The number of carbonyl (C=O) groups is 2. The molecule has 0 saturated heterocycles. The molecule has 1 saturated carbocycles. The highest BCUT2D eigenvalue weighted by Crippen LogP contribution is 2.31. The van der Waals surface area contributed by atoms with E-state index >= 15 is 0 Å². The Morgan fingerprint density at radius 3 is 2.58 bits per heavy atom. The number of urea groups is 1. The second-order valence-electron chi connectivity index (χ2n) is 9.86. The average Bonchev–Trinajstić information content (AvgIpc) is 2.80. The molecular formula is C25H40N4O4. The fraction of sp³-hybridized carbons (Fsp3) is 0.680. The van der Waals surface area contributed by atoms with Crippen molar-refractivity contribution in [1.29, 1.82) is 0 Å². The number of ether oxygens (including phenoxy) is 1. The van der Waals surface area contributed by atoms with Crippen LogP contribution in [0.15, 0.2) is 18.2 Å². The zero-order chi connectivity index (χ0) is 24.1. The smallest absolute Gasteiger partial charge is 0.317 e. The predicted octanol–water partition coefficient (Wildman–Crippen LogP) is 2.95. The minimum atomic E-state index is -0.318. The first-order chi connectivity index (χ1) is 15.7. The molecule has 1 aliphatic heterocycles. The van der Waals surface area contributed by atoms with E-state index in [2.05, 4.69) is 5.32 Å². The van der Waals surface area contributed by atoms with Crippen molar-refractivity contribution in [3.05, 3.63) is 23.8 Å². The normalized spacial score (nSPS) is 22.5. The van der Waals surface area contributed by atoms with Gasteiger partial charge in [-0.25, -0.2) is 4.79 Å². The first-order valence-electron chi connectivity index (χ1n) is 12.1. The van der Waals surface area contributed by atoms with Crippen LogP contribution in [0.3, 0.4) is 0 Å². The van der Waals surface area contributed by atoms with E-state index in [-0.39, 0.29) is 42.7 Å². The Morgan fingerprint density at radius 1 is 1.24 bits per heavy atom. The molecule has 1 aromatic rings. The van der Waals surface area contributed by atoms with Crippen LogP contribution in [-0.2, 0) is 0 Å². The van der Waals surface area contributed by atoms with Gasteiger partial charge in [0.2, 0.25) is 0 Å². The molecule has 0 unspecified atom stereocenters. The quantitative estimate of drug-likeness (QED) is 0.682. The SMILES string of the molecule is C[C@H](CO)N1C[C@H](C)[C@H](CN(C)C(=O)NC2CCCCC2)Oc2ccc(N(C)C)cc2C1=O. The summed E-state index contributed by atoms with van der Waals surface area (Å²) in [4.78, 5) is 31.6. The van der Waals surface area contributed by atoms with E-state index in [4.69, 9.17) is 4.74 Å². The number of aliphatic hydroxyl groups excluding tert-OH is 1. The molecule has 0 bridgehead atoms. The van der Waals surface area contributed by atoms with Gasteiger partial charge in [-0.15, -0.1) is 0 Å². The second kappa shape index (κ2) is 11.1. The first kappa shape index (κ1) is 25.1. The van der Waals surface area contributed by atoms with Gasteiger partial charge in [0.1, 0.15) is 11.9 Å². The van der Waals surface area contributed by atoms with Gasteiger partial charge in [-0.2, -0.15) is 0 Å². The summed E-state index contributed by atoms with van der Waals surface area (Å²) >= 11 is 0. The maximum absolute atomic E-state index is 13.4. The number of fused-ring (bicyclic) bond motifs is 1. The third-order valence-electron chi connectivity index (χ3n) is 6.90. The van der Waals surface area contributed by atoms with Crippen molar-refractivity contribution in [3.8, 4) is 5.75 Å². The van der Waals surface area contributed by atoms with Crippen LogP contribution in [0.5, 0.6) is 5.75 Å². The number of aliphatic hydroxyl groups is 1. The third kappa shape index (κ3) is 6.10. The fourth-order valence-corrected chi connectivity index (χ4v) is 4.59. The predicted molar refractivity (Wildman–Crippen MR) is 130 cm³/mol. The van der Waals surface area contributed by atoms with E-state index in [1.54, 1.807) is 16.8 Å². The summed E-state index contributed by atoms with van der Waals surface area (Å²) in [6, 6.07) is 5.43. The number of amides is 3. The summed E-state index contributed by atoms with van der Waals surface area (Å²) in [5.41, 5.74) is 1.38. The van der Waals surface area contributed by atoms with Crippen molar-refractivity contribution in [3.63, 3.8) is 0 Å². The Morgan fingerprint density at radius 2 is 1.94 bits per heavy atom. The summed E-state index contributed by atoms with van der Waals surface area (Å²) < 4.78 is 6.38. The third-order valence-corrected chi connectivity index (χ3v) is 6.90. The van der Waals surface area contributed by atoms with Crippen LogP contribution in [-0.4, -0.2) is 85.9 Å². The molecule has 1 heterocycles. The molecule has 8 nitrogen and oxygen atoms in total. The first-order valence-corrected chi connectivity index (χ1v) is 12.1. The minimum Gasteiger partial charge on any atom is -0.487 e. The van der Waals surface area contributed by atoms with Crippen molar-refractivity contribution < 1.29 is 19.4 Å². The average molecular weight is 461 g/mol. The van der Waals surface area contributed by atoms with Crippen molar-refractivity contribution in [2.24, 2.45) is 5.92 Å². The fourth-order valence-electron chi connectivity index (χ4n) is 4.59. The van der Waals surface area contributed by atoms with E-state index in [1.807, 2.05) is 51.0 Å². The second-order valence-corrected chi connectivity index (χ2v) is 9.86. The number of hydrogen-bond acceptors (Lipinski definition) is 5. The molecule has 3 amide bonds. The highest BCUT2D eigenvalue weighted by Gasteiger charge is 2.34. The maximum atomic E-state index is 13.4. The molecule has 2 N–H and O–H groups in total. The zero-order valence-electron chi connectivity index (χ0n) is 20.7. The largest absolute Gasteiger partial charge is 0.487 e. The molecule has 2 aliphatic rings. The van der Waals surface area contributed by atoms with Crippen LogP contribution in [0.1, 0.15) is 56.3 Å². The van der Waals surface area contributed by atoms with Crippen LogP contribution >= 0.6 is 0 Å². The molecule has 3 atom stereocenters. The number of hydrogen-bond donors (Lipinski definition) is 2. The summed E-state index contributed by atoms with van der Waals surface area (Å²) in [6.45, 7) is 4.61. The number of likely N-dealkylation sites (N-methyl/N-ethyl adjacent to an activating group) is 1. The molecule has 33 heavy (non-hydrogen) atoms. The number of nitrogens with zero attached hydrogens (tertiary/aromatic N) is 3. The summed E-state index contributed by atoms with van der Waals surface area (Å²) in [7, 11) is 5.64. The van der Waals surface area contributed by atoms with E-state index in [1.165, 1.54) is 6.42 Å². The molecule has 1 fully saturated rings. The molecule has 1 aliphatic carbocycles. The highest BCUT2D eigenvalue weighted by atomic mass is 16.5. The van der Waals surface area contributed by atoms with Gasteiger partial charge in [-0.3, -0.25) is 4.79 Å². The lowest BCUT2D eigenvalue weighted by Gasteiger charge is -2.38. The van der Waals surface area contributed by atoms with Gasteiger partial charge in [0.25, 0.3) is 5.91 Å². The van der Waals surface area contributed by atoms with Crippen molar-refractivity contribution in [2.45, 2.75) is 64.1 Å². The van der Waals surface area contributed by atoms with Crippen LogP contribution in [0.2, 0.25) is 0 Å². The Bertz CT molecular complexity index is 825. The van der Waals surface area contributed by atoms with Gasteiger partial charge < -0.3 is 29.9 Å². The maximum Gasteiger partial charge on any atom is 0.317 e. The monoisotopic (exact) mass is 460 g/mol. The summed E-state index contributed by atoms with van der Waals surface area (Å²) in [5.74, 6) is 0.330. The Balaban J connectivity index is 1.82. The molecule has 184 valence electrons. The summed E-state index contributed by atoms with van der Waals surface area (Å²) in [5, 5.41) is 13.0. The van der Waals surface area contributed by atoms with Crippen LogP contribution < -0.4 is 15.0 Å². The van der Waals surface area contributed by atoms with Crippen LogP contribution in [0, 0.1) is 5.92 Å².